The minimum atomic E-state index is -0.623. The van der Waals surface area contributed by atoms with Crippen LogP contribution in [0.2, 0.25) is 0 Å². The second kappa shape index (κ2) is 9.40. The topological polar surface area (TPSA) is 125 Å². The zero-order chi connectivity index (χ0) is 22.6. The van der Waals surface area contributed by atoms with Gasteiger partial charge in [-0.25, -0.2) is 9.97 Å². The summed E-state index contributed by atoms with van der Waals surface area (Å²) in [5.74, 6) is 1.60. The number of anilines is 1. The summed E-state index contributed by atoms with van der Waals surface area (Å²) in [6, 6.07) is 10.3. The summed E-state index contributed by atoms with van der Waals surface area (Å²) in [6.07, 6.45) is 6.71. The van der Waals surface area contributed by atoms with Crippen molar-refractivity contribution >= 4 is 5.95 Å². The number of benzene rings is 1. The van der Waals surface area contributed by atoms with Gasteiger partial charge in [-0.05, 0) is 80.0 Å². The number of nitrogens with one attached hydrogen (secondary N) is 1. The average molecular weight is 433 g/mol. The molecule has 2 aromatic heterocycles. The van der Waals surface area contributed by atoms with Gasteiger partial charge in [-0.15, -0.1) is 5.10 Å². The molecule has 9 nitrogen and oxygen atoms in total. The van der Waals surface area contributed by atoms with Crippen LogP contribution in [-0.2, 0) is 12.8 Å². The van der Waals surface area contributed by atoms with E-state index in [0.717, 1.165) is 49.3 Å². The SMILES string of the molecule is Cc1nnnn1-c1ccc(CCNc2ncc(C#N)c(C[C@@H]3CCC[C@@](C)(O)C3)n2)cc1. The fraction of sp³-hybridized carbons (Fsp3) is 0.478. The van der Waals surface area contributed by atoms with Gasteiger partial charge in [0.05, 0.1) is 28.7 Å². The second-order valence-corrected chi connectivity index (χ2v) is 8.81. The molecule has 2 atom stereocenters. The molecule has 1 aromatic carbocycles. The number of rotatable bonds is 7. The van der Waals surface area contributed by atoms with Gasteiger partial charge in [0.25, 0.3) is 0 Å². The molecule has 1 saturated carbocycles. The van der Waals surface area contributed by atoms with Crippen molar-refractivity contribution in [1.82, 2.24) is 30.2 Å². The third-order valence-corrected chi connectivity index (χ3v) is 6.03. The van der Waals surface area contributed by atoms with E-state index in [0.29, 0.717) is 30.4 Å². The number of tetrazole rings is 1. The van der Waals surface area contributed by atoms with Crippen LogP contribution in [0.4, 0.5) is 5.95 Å². The molecule has 0 bridgehead atoms. The van der Waals surface area contributed by atoms with E-state index in [1.807, 2.05) is 26.0 Å². The van der Waals surface area contributed by atoms with Crippen LogP contribution >= 0.6 is 0 Å². The Labute approximate surface area is 187 Å². The van der Waals surface area contributed by atoms with Gasteiger partial charge in [0, 0.05) is 6.54 Å². The molecule has 2 N–H and O–H groups in total. The van der Waals surface area contributed by atoms with Crippen molar-refractivity contribution in [2.45, 2.75) is 58.0 Å². The smallest absolute Gasteiger partial charge is 0.222 e. The minimum absolute atomic E-state index is 0.330. The van der Waals surface area contributed by atoms with Gasteiger partial charge in [-0.1, -0.05) is 18.6 Å². The van der Waals surface area contributed by atoms with E-state index in [4.69, 9.17) is 0 Å². The predicted molar refractivity (Wildman–Crippen MR) is 119 cm³/mol. The first-order valence-corrected chi connectivity index (χ1v) is 11.0. The lowest BCUT2D eigenvalue weighted by Gasteiger charge is -2.33. The Morgan fingerprint density at radius 1 is 1.31 bits per heavy atom. The Morgan fingerprint density at radius 3 is 2.81 bits per heavy atom. The van der Waals surface area contributed by atoms with Crippen LogP contribution in [0.1, 0.15) is 55.3 Å². The fourth-order valence-corrected chi connectivity index (χ4v) is 4.39. The number of nitriles is 1. The Kier molecular flexibility index (Phi) is 6.42. The van der Waals surface area contributed by atoms with Crippen LogP contribution in [0.5, 0.6) is 0 Å². The van der Waals surface area contributed by atoms with Crippen LogP contribution in [0.3, 0.4) is 0 Å². The molecule has 0 amide bonds. The summed E-state index contributed by atoms with van der Waals surface area (Å²) in [5.41, 5.74) is 2.74. The standard InChI is InChI=1S/C23H28N8O/c1-16-28-29-30-31(16)20-7-5-17(6-8-20)9-11-25-22-26-15-19(14-24)21(27-22)12-18-4-3-10-23(2,32)13-18/h5-8,15,18,32H,3-4,9-13H2,1-2H3,(H,25,26,27)/t18-,23+/m0/s1. The van der Waals surface area contributed by atoms with Gasteiger partial charge in [-0.2, -0.15) is 9.94 Å². The molecule has 1 fully saturated rings. The van der Waals surface area contributed by atoms with Crippen molar-refractivity contribution in [2.75, 3.05) is 11.9 Å². The summed E-state index contributed by atoms with van der Waals surface area (Å²) in [6.45, 7) is 4.43. The minimum Gasteiger partial charge on any atom is -0.390 e. The van der Waals surface area contributed by atoms with Gasteiger partial charge in [0.2, 0.25) is 5.95 Å². The van der Waals surface area contributed by atoms with Crippen molar-refractivity contribution in [1.29, 1.82) is 5.26 Å². The first kappa shape index (κ1) is 21.8. The van der Waals surface area contributed by atoms with Crippen molar-refractivity contribution in [3.05, 3.63) is 53.1 Å². The molecule has 9 heteroatoms. The monoisotopic (exact) mass is 432 g/mol. The Bertz CT molecular complexity index is 1100. The molecule has 0 aliphatic heterocycles. The van der Waals surface area contributed by atoms with Crippen LogP contribution in [0.25, 0.3) is 5.69 Å². The first-order chi connectivity index (χ1) is 15.4. The van der Waals surface area contributed by atoms with E-state index in [9.17, 15) is 10.4 Å². The van der Waals surface area contributed by atoms with E-state index in [-0.39, 0.29) is 0 Å². The van der Waals surface area contributed by atoms with Gasteiger partial charge >= 0.3 is 0 Å². The van der Waals surface area contributed by atoms with Crippen LogP contribution in [0.15, 0.2) is 30.5 Å². The number of aliphatic hydroxyl groups is 1. The van der Waals surface area contributed by atoms with Crippen molar-refractivity contribution < 1.29 is 5.11 Å². The van der Waals surface area contributed by atoms with Gasteiger partial charge in [-0.3, -0.25) is 0 Å². The number of nitrogens with zero attached hydrogens (tertiary/aromatic N) is 7. The van der Waals surface area contributed by atoms with E-state index >= 15 is 0 Å². The predicted octanol–water partition coefficient (Wildman–Crippen LogP) is 2.77. The zero-order valence-corrected chi connectivity index (χ0v) is 18.5. The lowest BCUT2D eigenvalue weighted by Crippen LogP contribution is -2.32. The maximum Gasteiger partial charge on any atom is 0.222 e. The van der Waals surface area contributed by atoms with E-state index in [1.54, 1.807) is 10.9 Å². The first-order valence-electron chi connectivity index (χ1n) is 11.0. The maximum absolute atomic E-state index is 10.4. The highest BCUT2D eigenvalue weighted by Gasteiger charge is 2.30. The molecule has 0 unspecified atom stereocenters. The summed E-state index contributed by atoms with van der Waals surface area (Å²) >= 11 is 0. The Hall–Kier alpha value is -3.38. The summed E-state index contributed by atoms with van der Waals surface area (Å²) in [4.78, 5) is 8.92. The average Bonchev–Trinajstić information content (AvgIpc) is 3.20. The number of aryl methyl sites for hydroxylation is 1. The third-order valence-electron chi connectivity index (χ3n) is 6.03. The largest absolute Gasteiger partial charge is 0.390 e. The number of aromatic nitrogens is 6. The van der Waals surface area contributed by atoms with E-state index in [2.05, 4.69) is 49.0 Å². The molecule has 3 aromatic rings. The van der Waals surface area contributed by atoms with Gasteiger partial charge < -0.3 is 10.4 Å². The Morgan fingerprint density at radius 2 is 2.12 bits per heavy atom. The third kappa shape index (κ3) is 5.26. The van der Waals surface area contributed by atoms with Crippen LogP contribution in [-0.4, -0.2) is 47.4 Å². The van der Waals surface area contributed by atoms with E-state index < -0.39 is 5.60 Å². The van der Waals surface area contributed by atoms with Crippen molar-refractivity contribution in [2.24, 2.45) is 5.92 Å². The quantitative estimate of drug-likeness (QED) is 0.584. The zero-order valence-electron chi connectivity index (χ0n) is 18.5. The van der Waals surface area contributed by atoms with Crippen molar-refractivity contribution in [3.63, 3.8) is 0 Å². The number of hydrogen-bond donors (Lipinski definition) is 2. The maximum atomic E-state index is 10.4. The summed E-state index contributed by atoms with van der Waals surface area (Å²) < 4.78 is 1.69. The van der Waals surface area contributed by atoms with Gasteiger partial charge in [0.15, 0.2) is 5.82 Å². The second-order valence-electron chi connectivity index (χ2n) is 8.81. The molecular weight excluding hydrogens is 404 g/mol. The molecule has 4 rings (SSSR count). The Balaban J connectivity index is 1.36. The molecule has 0 saturated heterocycles. The highest BCUT2D eigenvalue weighted by atomic mass is 16.3. The summed E-state index contributed by atoms with van der Waals surface area (Å²) in [7, 11) is 0. The molecular formula is C23H28N8O. The highest BCUT2D eigenvalue weighted by Crippen LogP contribution is 2.34. The molecule has 0 spiro atoms. The number of hydrogen-bond acceptors (Lipinski definition) is 8. The normalized spacial score (nSPS) is 20.6. The van der Waals surface area contributed by atoms with Crippen LogP contribution in [0, 0.1) is 24.2 Å². The lowest BCUT2D eigenvalue weighted by molar-refractivity contribution is 0.00107. The molecule has 32 heavy (non-hydrogen) atoms. The fourth-order valence-electron chi connectivity index (χ4n) is 4.39. The lowest BCUT2D eigenvalue weighted by atomic mass is 9.77. The van der Waals surface area contributed by atoms with Crippen molar-refractivity contribution in [3.8, 4) is 11.8 Å². The molecule has 2 heterocycles. The molecule has 166 valence electrons. The highest BCUT2D eigenvalue weighted by molar-refractivity contribution is 5.38. The molecule has 1 aliphatic rings. The van der Waals surface area contributed by atoms with E-state index in [1.165, 1.54) is 5.56 Å². The summed E-state index contributed by atoms with van der Waals surface area (Å²) in [5, 5.41) is 34.7. The molecule has 0 radical (unpaired) electrons. The van der Waals surface area contributed by atoms with Crippen LogP contribution < -0.4 is 5.32 Å². The van der Waals surface area contributed by atoms with Gasteiger partial charge in [0.1, 0.15) is 6.07 Å². The molecule has 1 aliphatic carbocycles.